The molecule has 5 aliphatic carbocycles. The third-order valence-electron chi connectivity index (χ3n) is 15.0. The quantitative estimate of drug-likeness (QED) is 0.170. The summed E-state index contributed by atoms with van der Waals surface area (Å²) in [7, 11) is 0. The van der Waals surface area contributed by atoms with Crippen molar-refractivity contribution in [2.45, 2.75) is 31.8 Å². The maximum Gasteiger partial charge on any atom is 0.135 e. The SMILES string of the molecule is C1=CC2C=CC3=C(C=CC(C4=NC(C5C=CC=C(n6c7ccccc7c7c(-n8c9ccccc9c9ccc%10c(c98)C=CCC%10)c8ccccc8cc76)C5)N4c4ccccc4)C3)C2C=C1. The lowest BCUT2D eigenvalue weighted by molar-refractivity contribution is 0.472. The lowest BCUT2D eigenvalue weighted by Crippen LogP contribution is -2.55. The second-order valence-electron chi connectivity index (χ2n) is 18.4. The van der Waals surface area contributed by atoms with Gasteiger partial charge in [0.1, 0.15) is 12.0 Å². The molecule has 64 heavy (non-hydrogen) atoms. The summed E-state index contributed by atoms with van der Waals surface area (Å²) in [6, 6.07) is 45.3. The van der Waals surface area contributed by atoms with Crippen molar-refractivity contribution in [3.05, 3.63) is 217 Å². The van der Waals surface area contributed by atoms with Crippen molar-refractivity contribution in [2.24, 2.45) is 28.7 Å². The standard InChI is InChI=1S/C60H46N4/c1-2-19-44(20-3-1)63-59(61-60(63)43-32-33-47-41(35-43)30-29-38-15-4-7-22-46(38)47)42-18-14-21-45(36-42)62-54-28-13-11-26-52(54)56-55(62)37-40-17-6-9-24-49(40)58(56)64-53-27-12-10-25-50(53)51-34-31-39-16-5-8-23-48(39)57(51)64/h1-4,6-15,17-34,37-38,42-43,46,59H,5,16,35-36H2. The highest BCUT2D eigenvalue weighted by Gasteiger charge is 2.42. The number of fused-ring (bicyclic) bond motifs is 11. The Morgan fingerprint density at radius 3 is 2.30 bits per heavy atom. The Hall–Kier alpha value is -7.43. The van der Waals surface area contributed by atoms with E-state index in [0.717, 1.165) is 25.7 Å². The van der Waals surface area contributed by atoms with Crippen molar-refractivity contribution in [3.8, 4) is 5.69 Å². The molecule has 6 aliphatic rings. The highest BCUT2D eigenvalue weighted by molar-refractivity contribution is 6.23. The van der Waals surface area contributed by atoms with E-state index >= 15 is 0 Å². The molecule has 0 saturated heterocycles. The van der Waals surface area contributed by atoms with Crippen LogP contribution in [-0.4, -0.2) is 21.1 Å². The largest absolute Gasteiger partial charge is 0.313 e. The van der Waals surface area contributed by atoms with Crippen molar-refractivity contribution >= 4 is 77.7 Å². The van der Waals surface area contributed by atoms with Gasteiger partial charge in [-0.1, -0.05) is 164 Å². The molecule has 6 aromatic carbocycles. The molecule has 4 nitrogen and oxygen atoms in total. The molecule has 0 amide bonds. The molecule has 14 rings (SSSR count). The monoisotopic (exact) mass is 822 g/mol. The van der Waals surface area contributed by atoms with Crippen LogP contribution in [0.15, 0.2) is 210 Å². The lowest BCUT2D eigenvalue weighted by atomic mass is 9.72. The number of allylic oxidation sites excluding steroid dienone is 13. The molecular formula is C60H46N4. The molecule has 306 valence electrons. The zero-order valence-corrected chi connectivity index (χ0v) is 35.6. The number of para-hydroxylation sites is 3. The molecule has 0 bridgehead atoms. The minimum absolute atomic E-state index is 0.000126. The van der Waals surface area contributed by atoms with Gasteiger partial charge in [0.25, 0.3) is 0 Å². The van der Waals surface area contributed by atoms with Gasteiger partial charge in [-0.3, -0.25) is 0 Å². The Labute approximate surface area is 372 Å². The number of nitrogens with zero attached hydrogens (tertiary/aromatic N) is 4. The molecule has 3 heterocycles. The van der Waals surface area contributed by atoms with Gasteiger partial charge in [-0.05, 0) is 84.2 Å². The summed E-state index contributed by atoms with van der Waals surface area (Å²) in [5, 5.41) is 7.66. The van der Waals surface area contributed by atoms with Gasteiger partial charge >= 0.3 is 0 Å². The normalized spacial score (nSPS) is 23.2. The van der Waals surface area contributed by atoms with Gasteiger partial charge in [0.05, 0.1) is 27.8 Å². The van der Waals surface area contributed by atoms with Crippen molar-refractivity contribution in [3.63, 3.8) is 0 Å². The maximum atomic E-state index is 5.59. The van der Waals surface area contributed by atoms with E-state index in [-0.39, 0.29) is 18.0 Å². The number of hydrogen-bond donors (Lipinski definition) is 0. The fourth-order valence-corrected chi connectivity index (χ4v) is 12.1. The number of aromatic nitrogens is 2. The average Bonchev–Trinajstić information content (AvgIpc) is 3.86. The number of rotatable bonds is 5. The predicted molar refractivity (Wildman–Crippen MR) is 269 cm³/mol. The Kier molecular flexibility index (Phi) is 7.92. The summed E-state index contributed by atoms with van der Waals surface area (Å²) in [6.07, 6.45) is 34.5. The van der Waals surface area contributed by atoms with Gasteiger partial charge in [-0.15, -0.1) is 0 Å². The Morgan fingerprint density at radius 1 is 0.594 bits per heavy atom. The smallest absolute Gasteiger partial charge is 0.135 e. The molecular weight excluding hydrogens is 777 g/mol. The second kappa shape index (κ2) is 14.0. The van der Waals surface area contributed by atoms with Gasteiger partial charge in [0.15, 0.2) is 0 Å². The summed E-state index contributed by atoms with van der Waals surface area (Å²) in [4.78, 5) is 8.14. The molecule has 0 saturated carbocycles. The van der Waals surface area contributed by atoms with E-state index in [0.29, 0.717) is 11.8 Å². The fraction of sp³-hybridized carbons (Fsp3) is 0.150. The van der Waals surface area contributed by atoms with Gasteiger partial charge < -0.3 is 14.0 Å². The van der Waals surface area contributed by atoms with Gasteiger partial charge in [-0.25, -0.2) is 4.99 Å². The van der Waals surface area contributed by atoms with Crippen LogP contribution in [0.25, 0.3) is 71.8 Å². The Balaban J connectivity index is 0.909. The molecule has 8 aromatic rings. The Bertz CT molecular complexity index is 3590. The van der Waals surface area contributed by atoms with Crippen LogP contribution in [0.3, 0.4) is 0 Å². The van der Waals surface area contributed by atoms with E-state index in [1.807, 2.05) is 0 Å². The van der Waals surface area contributed by atoms with Crippen LogP contribution in [-0.2, 0) is 6.42 Å². The molecule has 1 aliphatic heterocycles. The van der Waals surface area contributed by atoms with Crippen molar-refractivity contribution in [1.29, 1.82) is 0 Å². The highest BCUT2D eigenvalue weighted by Crippen LogP contribution is 2.48. The van der Waals surface area contributed by atoms with Crippen LogP contribution >= 0.6 is 0 Å². The third-order valence-corrected chi connectivity index (χ3v) is 15.0. The topological polar surface area (TPSA) is 25.5 Å². The number of hydrogen-bond acceptors (Lipinski definition) is 2. The fourth-order valence-electron chi connectivity index (χ4n) is 12.1. The summed E-state index contributed by atoms with van der Waals surface area (Å²) < 4.78 is 5.19. The molecule has 0 radical (unpaired) electrons. The summed E-state index contributed by atoms with van der Waals surface area (Å²) in [6.45, 7) is 0. The first-order valence-electron chi connectivity index (χ1n) is 23.2. The molecule has 4 heteroatoms. The van der Waals surface area contributed by atoms with E-state index < -0.39 is 0 Å². The lowest BCUT2D eigenvalue weighted by Gasteiger charge is -2.47. The molecule has 2 aromatic heterocycles. The van der Waals surface area contributed by atoms with Crippen molar-refractivity contribution in [2.75, 3.05) is 4.90 Å². The molecule has 0 spiro atoms. The van der Waals surface area contributed by atoms with Crippen LogP contribution in [0.4, 0.5) is 5.69 Å². The van der Waals surface area contributed by atoms with Crippen LogP contribution in [0, 0.1) is 23.7 Å². The van der Waals surface area contributed by atoms with Gasteiger partial charge in [0, 0.05) is 67.6 Å². The highest BCUT2D eigenvalue weighted by atomic mass is 15.4. The summed E-state index contributed by atoms with van der Waals surface area (Å²) in [5.41, 5.74) is 14.5. The summed E-state index contributed by atoms with van der Waals surface area (Å²) >= 11 is 0. The molecule has 0 N–H and O–H groups in total. The Morgan fingerprint density at radius 2 is 1.39 bits per heavy atom. The zero-order chi connectivity index (χ0) is 41.9. The number of aliphatic imine (C=N–C) groups is 1. The first-order valence-corrected chi connectivity index (χ1v) is 23.2. The third kappa shape index (κ3) is 5.26. The average molecular weight is 823 g/mol. The zero-order valence-electron chi connectivity index (χ0n) is 35.6. The van der Waals surface area contributed by atoms with E-state index in [1.54, 1.807) is 0 Å². The van der Waals surface area contributed by atoms with Crippen LogP contribution in [0.1, 0.15) is 30.4 Å². The van der Waals surface area contributed by atoms with Crippen molar-refractivity contribution in [1.82, 2.24) is 9.13 Å². The first kappa shape index (κ1) is 36.1. The second-order valence-corrected chi connectivity index (χ2v) is 18.4. The maximum absolute atomic E-state index is 5.59. The number of benzene rings is 6. The van der Waals surface area contributed by atoms with E-state index in [4.69, 9.17) is 4.99 Å². The van der Waals surface area contributed by atoms with E-state index in [2.05, 4.69) is 214 Å². The van der Waals surface area contributed by atoms with Crippen LogP contribution in [0.5, 0.6) is 0 Å². The number of amidine groups is 1. The van der Waals surface area contributed by atoms with E-state index in [1.165, 1.54) is 99.6 Å². The number of anilines is 1. The number of aryl methyl sites for hydroxylation is 1. The molecule has 0 fully saturated rings. The molecule has 5 unspecified atom stereocenters. The van der Waals surface area contributed by atoms with Crippen LogP contribution < -0.4 is 4.90 Å². The van der Waals surface area contributed by atoms with E-state index in [9.17, 15) is 0 Å². The minimum Gasteiger partial charge on any atom is -0.313 e. The summed E-state index contributed by atoms with van der Waals surface area (Å²) in [5.74, 6) is 2.48. The molecule has 5 atom stereocenters. The first-order chi connectivity index (χ1) is 31.8. The van der Waals surface area contributed by atoms with Gasteiger partial charge in [-0.2, -0.15) is 0 Å². The minimum atomic E-state index is 0.000126. The van der Waals surface area contributed by atoms with Crippen LogP contribution in [0.2, 0.25) is 0 Å². The predicted octanol–water partition coefficient (Wildman–Crippen LogP) is 14.5. The van der Waals surface area contributed by atoms with Crippen molar-refractivity contribution < 1.29 is 0 Å². The van der Waals surface area contributed by atoms with Gasteiger partial charge in [0.2, 0.25) is 0 Å².